The number of nitrogens with zero attached hydrogens (tertiary/aromatic N) is 1. The number of carbonyl (C=O) groups excluding carboxylic acids is 1. The van der Waals surface area contributed by atoms with Crippen molar-refractivity contribution in [3.05, 3.63) is 106 Å². The second-order valence-corrected chi connectivity index (χ2v) is 7.05. The van der Waals surface area contributed by atoms with Gasteiger partial charge in [-0.05, 0) is 55.3 Å². The number of aryl methyl sites for hydroxylation is 2. The molecule has 1 heterocycles. The molecule has 4 heteroatoms. The Labute approximate surface area is 170 Å². The molecule has 0 radical (unpaired) electrons. The second kappa shape index (κ2) is 8.15. The Hall–Kier alpha value is -3.66. The summed E-state index contributed by atoms with van der Waals surface area (Å²) in [5.74, 6) is 0.658. The molecule has 0 unspecified atom stereocenters. The number of benzene rings is 3. The Kier molecular flexibility index (Phi) is 5.25. The highest BCUT2D eigenvalue weighted by Gasteiger charge is 2.23. The van der Waals surface area contributed by atoms with Crippen LogP contribution in [0.4, 0.5) is 0 Å². The fourth-order valence-electron chi connectivity index (χ4n) is 2.90. The van der Waals surface area contributed by atoms with E-state index in [9.17, 15) is 4.79 Å². The molecule has 29 heavy (non-hydrogen) atoms. The molecule has 3 aromatic carbocycles. The summed E-state index contributed by atoms with van der Waals surface area (Å²) in [5.41, 5.74) is 5.41. The van der Waals surface area contributed by atoms with Crippen LogP contribution in [0.2, 0.25) is 0 Å². The zero-order valence-electron chi connectivity index (χ0n) is 16.4. The summed E-state index contributed by atoms with van der Waals surface area (Å²) < 4.78 is 11.1. The first-order chi connectivity index (χ1) is 14.1. The first kappa shape index (κ1) is 18.7. The summed E-state index contributed by atoms with van der Waals surface area (Å²) in [7, 11) is 0. The number of ether oxygens (including phenoxy) is 2. The molecule has 0 aromatic heterocycles. The zero-order valence-corrected chi connectivity index (χ0v) is 16.4. The molecule has 3 aromatic rings. The van der Waals surface area contributed by atoms with Crippen LogP contribution in [0.15, 0.2) is 83.5 Å². The molecule has 0 saturated heterocycles. The minimum atomic E-state index is -0.444. The smallest absolute Gasteiger partial charge is 0.363 e. The van der Waals surface area contributed by atoms with Crippen molar-refractivity contribution in [1.82, 2.24) is 0 Å². The minimum absolute atomic E-state index is 0.286. The van der Waals surface area contributed by atoms with Gasteiger partial charge in [0.2, 0.25) is 5.90 Å². The van der Waals surface area contributed by atoms with Crippen LogP contribution < -0.4 is 4.74 Å². The second-order valence-electron chi connectivity index (χ2n) is 7.05. The Morgan fingerprint density at radius 1 is 0.862 bits per heavy atom. The van der Waals surface area contributed by atoms with Crippen LogP contribution in [-0.2, 0) is 16.1 Å². The van der Waals surface area contributed by atoms with Crippen molar-refractivity contribution in [2.24, 2.45) is 4.99 Å². The lowest BCUT2D eigenvalue weighted by Crippen LogP contribution is -2.05. The Morgan fingerprint density at radius 3 is 2.14 bits per heavy atom. The molecule has 4 rings (SSSR count). The van der Waals surface area contributed by atoms with E-state index in [2.05, 4.69) is 36.2 Å². The molecule has 0 N–H and O–H groups in total. The first-order valence-electron chi connectivity index (χ1n) is 9.45. The SMILES string of the molecule is Cc1ccc(COc2ccc(/C=C3\N=C(c4ccc(C)cc4)OC3=O)cc2)cc1. The molecule has 144 valence electrons. The van der Waals surface area contributed by atoms with E-state index < -0.39 is 5.97 Å². The van der Waals surface area contributed by atoms with Gasteiger partial charge < -0.3 is 9.47 Å². The van der Waals surface area contributed by atoms with Crippen LogP contribution in [0.5, 0.6) is 5.75 Å². The highest BCUT2D eigenvalue weighted by atomic mass is 16.6. The Morgan fingerprint density at radius 2 is 1.48 bits per heavy atom. The van der Waals surface area contributed by atoms with Gasteiger partial charge in [0.25, 0.3) is 0 Å². The maximum Gasteiger partial charge on any atom is 0.363 e. The van der Waals surface area contributed by atoms with Crippen LogP contribution in [0.1, 0.15) is 27.8 Å². The Bertz CT molecular complexity index is 1080. The van der Waals surface area contributed by atoms with Gasteiger partial charge in [0, 0.05) is 5.56 Å². The third-order valence-corrected chi connectivity index (χ3v) is 4.63. The lowest BCUT2D eigenvalue weighted by Gasteiger charge is -2.07. The molecule has 0 amide bonds. The predicted molar refractivity (Wildman–Crippen MR) is 114 cm³/mol. The van der Waals surface area contributed by atoms with Crippen molar-refractivity contribution < 1.29 is 14.3 Å². The van der Waals surface area contributed by atoms with Gasteiger partial charge in [0.1, 0.15) is 12.4 Å². The van der Waals surface area contributed by atoms with Crippen LogP contribution >= 0.6 is 0 Å². The van der Waals surface area contributed by atoms with Gasteiger partial charge in [-0.25, -0.2) is 9.79 Å². The molecule has 0 saturated carbocycles. The van der Waals surface area contributed by atoms with Gasteiger partial charge in [-0.2, -0.15) is 0 Å². The molecule has 1 aliphatic rings. The monoisotopic (exact) mass is 383 g/mol. The van der Waals surface area contributed by atoms with Gasteiger partial charge in [-0.1, -0.05) is 59.7 Å². The summed E-state index contributed by atoms with van der Waals surface area (Å²) in [6.07, 6.45) is 1.72. The number of carbonyl (C=O) groups is 1. The van der Waals surface area contributed by atoms with Crippen molar-refractivity contribution in [3.63, 3.8) is 0 Å². The van der Waals surface area contributed by atoms with Gasteiger partial charge in [0.05, 0.1) is 0 Å². The van der Waals surface area contributed by atoms with Crippen LogP contribution in [-0.4, -0.2) is 11.9 Å². The molecule has 0 fully saturated rings. The molecular weight excluding hydrogens is 362 g/mol. The van der Waals surface area contributed by atoms with Crippen molar-refractivity contribution in [2.75, 3.05) is 0 Å². The minimum Gasteiger partial charge on any atom is -0.489 e. The lowest BCUT2D eigenvalue weighted by molar-refractivity contribution is -0.129. The maximum absolute atomic E-state index is 12.1. The number of hydrogen-bond acceptors (Lipinski definition) is 4. The molecular formula is C25H21NO3. The summed E-state index contributed by atoms with van der Waals surface area (Å²) >= 11 is 0. The summed E-state index contributed by atoms with van der Waals surface area (Å²) in [5, 5.41) is 0. The van der Waals surface area contributed by atoms with E-state index in [1.165, 1.54) is 5.56 Å². The highest BCUT2D eigenvalue weighted by molar-refractivity contribution is 6.12. The predicted octanol–water partition coefficient (Wildman–Crippen LogP) is 5.23. The third kappa shape index (κ3) is 4.61. The number of esters is 1. The summed E-state index contributed by atoms with van der Waals surface area (Å²) in [4.78, 5) is 16.5. The maximum atomic E-state index is 12.1. The highest BCUT2D eigenvalue weighted by Crippen LogP contribution is 2.21. The summed E-state index contributed by atoms with van der Waals surface area (Å²) in [6.45, 7) is 4.58. The van der Waals surface area contributed by atoms with Crippen molar-refractivity contribution >= 4 is 17.9 Å². The van der Waals surface area contributed by atoms with Crippen LogP contribution in [0.3, 0.4) is 0 Å². The van der Waals surface area contributed by atoms with Crippen molar-refractivity contribution in [1.29, 1.82) is 0 Å². The third-order valence-electron chi connectivity index (χ3n) is 4.63. The molecule has 0 spiro atoms. The zero-order chi connectivity index (χ0) is 20.2. The van der Waals surface area contributed by atoms with E-state index in [1.54, 1.807) is 6.08 Å². The van der Waals surface area contributed by atoms with E-state index in [0.29, 0.717) is 12.5 Å². The molecule has 0 bridgehead atoms. The average Bonchev–Trinajstić information content (AvgIpc) is 3.09. The first-order valence-corrected chi connectivity index (χ1v) is 9.45. The van der Waals surface area contributed by atoms with E-state index in [0.717, 1.165) is 28.0 Å². The quantitative estimate of drug-likeness (QED) is 0.448. The molecule has 0 aliphatic carbocycles. The number of cyclic esters (lactones) is 1. The average molecular weight is 383 g/mol. The molecule has 4 nitrogen and oxygen atoms in total. The van der Waals surface area contributed by atoms with E-state index >= 15 is 0 Å². The topological polar surface area (TPSA) is 47.9 Å². The van der Waals surface area contributed by atoms with Gasteiger partial charge in [-0.3, -0.25) is 0 Å². The van der Waals surface area contributed by atoms with Crippen molar-refractivity contribution in [3.8, 4) is 5.75 Å². The van der Waals surface area contributed by atoms with Crippen LogP contribution in [0, 0.1) is 13.8 Å². The number of hydrogen-bond donors (Lipinski definition) is 0. The van der Waals surface area contributed by atoms with Gasteiger partial charge in [0.15, 0.2) is 5.70 Å². The summed E-state index contributed by atoms with van der Waals surface area (Å²) in [6, 6.07) is 23.5. The standard InChI is InChI=1S/C25H21NO3/c1-17-3-7-20(8-4-17)16-28-22-13-9-19(10-14-22)15-23-25(27)29-24(26-23)21-11-5-18(2)6-12-21/h3-15H,16H2,1-2H3/b23-15-. The van der Waals surface area contributed by atoms with Gasteiger partial charge in [-0.15, -0.1) is 0 Å². The van der Waals surface area contributed by atoms with E-state index in [1.807, 2.05) is 55.5 Å². The van der Waals surface area contributed by atoms with Crippen molar-refractivity contribution in [2.45, 2.75) is 20.5 Å². The fraction of sp³-hybridized carbons (Fsp3) is 0.120. The number of aliphatic imine (C=N–C) groups is 1. The number of rotatable bonds is 5. The molecule has 1 aliphatic heterocycles. The molecule has 0 atom stereocenters. The fourth-order valence-corrected chi connectivity index (χ4v) is 2.90. The lowest BCUT2D eigenvalue weighted by atomic mass is 10.1. The van der Waals surface area contributed by atoms with E-state index in [-0.39, 0.29) is 5.70 Å². The largest absolute Gasteiger partial charge is 0.489 e. The Balaban J connectivity index is 1.44. The van der Waals surface area contributed by atoms with Crippen LogP contribution in [0.25, 0.3) is 6.08 Å². The normalized spacial score (nSPS) is 14.6. The van der Waals surface area contributed by atoms with Gasteiger partial charge >= 0.3 is 5.97 Å². The van der Waals surface area contributed by atoms with E-state index in [4.69, 9.17) is 9.47 Å².